The van der Waals surface area contributed by atoms with Gasteiger partial charge in [0.05, 0.1) is 7.11 Å². The lowest BCUT2D eigenvalue weighted by Crippen LogP contribution is -2.07. The van der Waals surface area contributed by atoms with Gasteiger partial charge in [-0.25, -0.2) is 0 Å². The maximum Gasteiger partial charge on any atom is 0.308 e. The molecule has 0 atom stereocenters. The molecule has 0 aromatic heterocycles. The molecule has 3 aromatic carbocycles. The van der Waals surface area contributed by atoms with Crippen LogP contribution in [-0.4, -0.2) is 13.1 Å². The van der Waals surface area contributed by atoms with Crippen LogP contribution in [0.5, 0.6) is 11.5 Å². The van der Waals surface area contributed by atoms with Gasteiger partial charge in [0, 0.05) is 12.8 Å². The third kappa shape index (κ3) is 3.89. The summed E-state index contributed by atoms with van der Waals surface area (Å²) in [5.41, 5.74) is 3.38. The van der Waals surface area contributed by atoms with Gasteiger partial charge < -0.3 is 9.47 Å². The van der Waals surface area contributed by atoms with Crippen LogP contribution in [0.2, 0.25) is 0 Å². The first-order valence-electron chi connectivity index (χ1n) is 8.15. The van der Waals surface area contributed by atoms with Gasteiger partial charge in [0.2, 0.25) is 0 Å². The van der Waals surface area contributed by atoms with Crippen LogP contribution in [0.15, 0.2) is 78.9 Å². The second-order valence-corrected chi connectivity index (χ2v) is 5.76. The van der Waals surface area contributed by atoms with Gasteiger partial charge in [-0.2, -0.15) is 0 Å². The van der Waals surface area contributed by atoms with E-state index >= 15 is 0 Å². The lowest BCUT2D eigenvalue weighted by Gasteiger charge is -2.20. The lowest BCUT2D eigenvalue weighted by molar-refractivity contribution is -0.132. The number of methoxy groups -OCH3 is 1. The van der Waals surface area contributed by atoms with E-state index in [4.69, 9.17) is 9.47 Å². The van der Waals surface area contributed by atoms with E-state index in [1.807, 2.05) is 54.6 Å². The second kappa shape index (κ2) is 7.67. The van der Waals surface area contributed by atoms with Crippen LogP contribution in [0.3, 0.4) is 0 Å². The SMILES string of the molecule is COc1ccc(C(c2ccccc2)c2ccccc2)cc1OC(C)=O. The van der Waals surface area contributed by atoms with Gasteiger partial charge >= 0.3 is 5.97 Å². The molecule has 0 saturated heterocycles. The molecule has 0 heterocycles. The average molecular weight is 332 g/mol. The predicted octanol–water partition coefficient (Wildman–Crippen LogP) is 4.80. The zero-order valence-corrected chi connectivity index (χ0v) is 14.3. The number of carbonyl (C=O) groups excluding carboxylic acids is 1. The van der Waals surface area contributed by atoms with Crippen LogP contribution in [0.25, 0.3) is 0 Å². The summed E-state index contributed by atoms with van der Waals surface area (Å²) in [6, 6.07) is 26.3. The molecule has 25 heavy (non-hydrogen) atoms. The Morgan fingerprint density at radius 1 is 0.760 bits per heavy atom. The summed E-state index contributed by atoms with van der Waals surface area (Å²) < 4.78 is 10.7. The summed E-state index contributed by atoms with van der Waals surface area (Å²) in [5, 5.41) is 0. The van der Waals surface area contributed by atoms with Gasteiger partial charge in [0.15, 0.2) is 11.5 Å². The van der Waals surface area contributed by atoms with E-state index in [9.17, 15) is 4.79 Å². The minimum absolute atomic E-state index is 0.0441. The Morgan fingerprint density at radius 3 is 1.80 bits per heavy atom. The standard InChI is InChI=1S/C22H20O3/c1-16(23)25-21-15-19(13-14-20(21)24-2)22(17-9-5-3-6-10-17)18-11-7-4-8-12-18/h3-15,22H,1-2H3. The van der Waals surface area contributed by atoms with Crippen molar-refractivity contribution in [3.63, 3.8) is 0 Å². The zero-order chi connectivity index (χ0) is 17.6. The topological polar surface area (TPSA) is 35.5 Å². The molecule has 3 aromatic rings. The molecular weight excluding hydrogens is 312 g/mol. The summed E-state index contributed by atoms with van der Waals surface area (Å²) in [6.07, 6.45) is 0. The molecule has 0 unspecified atom stereocenters. The van der Waals surface area contributed by atoms with Crippen molar-refractivity contribution < 1.29 is 14.3 Å². The molecular formula is C22H20O3. The van der Waals surface area contributed by atoms with E-state index in [2.05, 4.69) is 24.3 Å². The largest absolute Gasteiger partial charge is 0.493 e. The first kappa shape index (κ1) is 16.8. The summed E-state index contributed by atoms with van der Waals surface area (Å²) in [5.74, 6) is 0.650. The van der Waals surface area contributed by atoms with Gasteiger partial charge in [-0.05, 0) is 28.8 Å². The molecule has 0 saturated carbocycles. The van der Waals surface area contributed by atoms with Crippen LogP contribution in [0, 0.1) is 0 Å². The van der Waals surface area contributed by atoms with Crippen LogP contribution < -0.4 is 9.47 Å². The highest BCUT2D eigenvalue weighted by Crippen LogP contribution is 2.37. The Morgan fingerprint density at radius 2 is 1.32 bits per heavy atom. The van der Waals surface area contributed by atoms with Crippen LogP contribution in [0.4, 0.5) is 0 Å². The maximum atomic E-state index is 11.4. The van der Waals surface area contributed by atoms with Crippen molar-refractivity contribution in [1.29, 1.82) is 0 Å². The number of rotatable bonds is 5. The number of esters is 1. The fraction of sp³-hybridized carbons (Fsp3) is 0.136. The summed E-state index contributed by atoms with van der Waals surface area (Å²) in [6.45, 7) is 1.39. The molecule has 0 aliphatic rings. The van der Waals surface area contributed by atoms with Crippen molar-refractivity contribution >= 4 is 5.97 Å². The quantitative estimate of drug-likeness (QED) is 0.382. The Bertz CT molecular complexity index is 802. The van der Waals surface area contributed by atoms with Crippen molar-refractivity contribution in [3.8, 4) is 11.5 Å². The van der Waals surface area contributed by atoms with Gasteiger partial charge in [0.25, 0.3) is 0 Å². The van der Waals surface area contributed by atoms with E-state index < -0.39 is 0 Å². The highest BCUT2D eigenvalue weighted by Gasteiger charge is 2.19. The van der Waals surface area contributed by atoms with Crippen molar-refractivity contribution in [2.75, 3.05) is 7.11 Å². The van der Waals surface area contributed by atoms with E-state index in [-0.39, 0.29) is 11.9 Å². The molecule has 0 aliphatic heterocycles. The molecule has 0 spiro atoms. The summed E-state index contributed by atoms with van der Waals surface area (Å²) >= 11 is 0. The molecule has 3 heteroatoms. The van der Waals surface area contributed by atoms with Crippen LogP contribution in [-0.2, 0) is 4.79 Å². The maximum absolute atomic E-state index is 11.4. The molecule has 0 fully saturated rings. The molecule has 126 valence electrons. The van der Waals surface area contributed by atoms with Crippen molar-refractivity contribution in [2.24, 2.45) is 0 Å². The highest BCUT2D eigenvalue weighted by molar-refractivity contribution is 5.70. The monoisotopic (exact) mass is 332 g/mol. The van der Waals surface area contributed by atoms with Crippen molar-refractivity contribution in [1.82, 2.24) is 0 Å². The van der Waals surface area contributed by atoms with Gasteiger partial charge in [-0.3, -0.25) is 4.79 Å². The average Bonchev–Trinajstić information content (AvgIpc) is 2.63. The minimum Gasteiger partial charge on any atom is -0.493 e. The van der Waals surface area contributed by atoms with E-state index in [0.717, 1.165) is 5.56 Å². The van der Waals surface area contributed by atoms with Crippen molar-refractivity contribution in [3.05, 3.63) is 95.6 Å². The Labute approximate surface area is 147 Å². The first-order valence-corrected chi connectivity index (χ1v) is 8.15. The van der Waals surface area contributed by atoms with Crippen molar-refractivity contribution in [2.45, 2.75) is 12.8 Å². The Hall–Kier alpha value is -3.07. The fourth-order valence-electron chi connectivity index (χ4n) is 2.98. The molecule has 3 nitrogen and oxygen atoms in total. The van der Waals surface area contributed by atoms with Gasteiger partial charge in [0.1, 0.15) is 0 Å². The van der Waals surface area contributed by atoms with Crippen LogP contribution >= 0.6 is 0 Å². The van der Waals surface area contributed by atoms with E-state index in [0.29, 0.717) is 11.5 Å². The number of ether oxygens (including phenoxy) is 2. The second-order valence-electron chi connectivity index (χ2n) is 5.76. The van der Waals surface area contributed by atoms with E-state index in [1.54, 1.807) is 7.11 Å². The number of hydrogen-bond donors (Lipinski definition) is 0. The fourth-order valence-corrected chi connectivity index (χ4v) is 2.98. The summed E-state index contributed by atoms with van der Waals surface area (Å²) in [7, 11) is 1.56. The number of benzene rings is 3. The zero-order valence-electron chi connectivity index (χ0n) is 14.3. The third-order valence-corrected chi connectivity index (χ3v) is 4.04. The molecule has 0 radical (unpaired) electrons. The molecule has 0 N–H and O–H groups in total. The smallest absolute Gasteiger partial charge is 0.308 e. The Kier molecular flexibility index (Phi) is 5.14. The van der Waals surface area contributed by atoms with E-state index in [1.165, 1.54) is 18.1 Å². The minimum atomic E-state index is -0.369. The van der Waals surface area contributed by atoms with Crippen LogP contribution in [0.1, 0.15) is 29.5 Å². The third-order valence-electron chi connectivity index (χ3n) is 4.04. The summed E-state index contributed by atoms with van der Waals surface area (Å²) in [4.78, 5) is 11.4. The normalized spacial score (nSPS) is 10.5. The first-order chi connectivity index (χ1) is 12.2. The molecule has 0 aliphatic carbocycles. The predicted molar refractivity (Wildman–Crippen MR) is 98.1 cm³/mol. The lowest BCUT2D eigenvalue weighted by atomic mass is 9.85. The molecule has 0 amide bonds. The van der Waals surface area contributed by atoms with Gasteiger partial charge in [-0.15, -0.1) is 0 Å². The molecule has 3 rings (SSSR count). The highest BCUT2D eigenvalue weighted by atomic mass is 16.6. The number of carbonyl (C=O) groups is 1. The molecule has 0 bridgehead atoms. The van der Waals surface area contributed by atoms with Gasteiger partial charge in [-0.1, -0.05) is 66.7 Å². The number of hydrogen-bond acceptors (Lipinski definition) is 3. The Balaban J connectivity index is 2.12.